The molecule has 4 aliphatic rings. The third kappa shape index (κ3) is 8.16. The number of hydrogen-bond donors (Lipinski definition) is 4. The predicted octanol–water partition coefficient (Wildman–Crippen LogP) is 1.81. The molecule has 4 N–H and O–H groups in total. The average Bonchev–Trinajstić information content (AvgIpc) is 3.64. The number of nitrogens with one attached hydrogen (secondary N) is 4. The minimum atomic E-state index is -0.975. The van der Waals surface area contributed by atoms with Crippen LogP contribution < -0.4 is 21.3 Å². The van der Waals surface area contributed by atoms with Crippen molar-refractivity contribution in [3.05, 3.63) is 24.3 Å². The smallest absolute Gasteiger partial charge is 0.289 e. The molecule has 47 heavy (non-hydrogen) atoms. The van der Waals surface area contributed by atoms with Crippen LogP contribution in [0.1, 0.15) is 108 Å². The number of ketones is 1. The summed E-state index contributed by atoms with van der Waals surface area (Å²) in [5.41, 5.74) is 0.101. The number of amides is 5. The highest BCUT2D eigenvalue weighted by Gasteiger charge is 2.53. The lowest BCUT2D eigenvalue weighted by Crippen LogP contribution is -2.62. The van der Waals surface area contributed by atoms with Gasteiger partial charge in [0, 0.05) is 24.5 Å². The maximum Gasteiger partial charge on any atom is 0.289 e. The molecule has 13 nitrogen and oxygen atoms in total. The van der Waals surface area contributed by atoms with Crippen molar-refractivity contribution in [3.63, 3.8) is 0 Å². The largest absolute Gasteiger partial charge is 0.347 e. The van der Waals surface area contributed by atoms with E-state index in [0.29, 0.717) is 19.3 Å². The van der Waals surface area contributed by atoms with E-state index in [1.807, 2.05) is 20.8 Å². The van der Waals surface area contributed by atoms with E-state index < -0.39 is 53.6 Å². The minimum absolute atomic E-state index is 0.0179. The minimum Gasteiger partial charge on any atom is -0.347 e. The van der Waals surface area contributed by atoms with Gasteiger partial charge in [0.25, 0.3) is 11.8 Å². The van der Waals surface area contributed by atoms with Crippen LogP contribution >= 0.6 is 0 Å². The Labute approximate surface area is 276 Å². The molecular weight excluding hydrogens is 602 g/mol. The van der Waals surface area contributed by atoms with Gasteiger partial charge in [0.05, 0.1) is 12.2 Å². The monoisotopic (exact) mass is 651 g/mol. The lowest BCUT2D eigenvalue weighted by atomic mass is 9.83. The number of fused-ring (bicyclic) bond motifs is 2. The number of aromatic nitrogens is 2. The molecule has 1 saturated heterocycles. The van der Waals surface area contributed by atoms with Crippen molar-refractivity contribution in [1.82, 2.24) is 36.1 Å². The second-order valence-electron chi connectivity index (χ2n) is 14.0. The van der Waals surface area contributed by atoms with Crippen molar-refractivity contribution in [1.29, 1.82) is 0 Å². The third-order valence-electron chi connectivity index (χ3n) is 10.2. The highest BCUT2D eigenvalue weighted by Crippen LogP contribution is 2.43. The molecule has 5 amide bonds. The van der Waals surface area contributed by atoms with Crippen LogP contribution in [0.4, 0.5) is 0 Å². The summed E-state index contributed by atoms with van der Waals surface area (Å²) in [7, 11) is 0. The molecule has 256 valence electrons. The molecule has 6 atom stereocenters. The first-order valence-corrected chi connectivity index (χ1v) is 17.4. The third-order valence-corrected chi connectivity index (χ3v) is 10.2. The van der Waals surface area contributed by atoms with Gasteiger partial charge < -0.3 is 26.2 Å². The molecule has 0 aromatic carbocycles. The summed E-state index contributed by atoms with van der Waals surface area (Å²) in [6.45, 7) is 5.56. The molecule has 3 aliphatic carbocycles. The van der Waals surface area contributed by atoms with E-state index in [-0.39, 0.29) is 41.4 Å². The number of piperidine rings is 1. The van der Waals surface area contributed by atoms with Crippen LogP contribution in [0.5, 0.6) is 0 Å². The van der Waals surface area contributed by atoms with Crippen molar-refractivity contribution in [2.45, 2.75) is 134 Å². The molecular formula is C34H49N7O6. The van der Waals surface area contributed by atoms with Gasteiger partial charge >= 0.3 is 0 Å². The van der Waals surface area contributed by atoms with E-state index in [4.69, 9.17) is 0 Å². The van der Waals surface area contributed by atoms with Crippen LogP contribution in [0, 0.1) is 17.8 Å². The number of likely N-dealkylation sites (tertiary alicyclic amines) is 1. The van der Waals surface area contributed by atoms with E-state index in [9.17, 15) is 28.8 Å². The molecule has 13 heteroatoms. The van der Waals surface area contributed by atoms with Crippen LogP contribution in [0.25, 0.3) is 0 Å². The van der Waals surface area contributed by atoms with E-state index in [1.165, 1.54) is 18.6 Å². The molecule has 2 heterocycles. The molecule has 1 aromatic rings. The van der Waals surface area contributed by atoms with E-state index in [0.717, 1.165) is 57.8 Å². The predicted molar refractivity (Wildman–Crippen MR) is 171 cm³/mol. The van der Waals surface area contributed by atoms with Crippen molar-refractivity contribution < 1.29 is 28.8 Å². The molecule has 0 radical (unpaired) electrons. The SMILES string of the molecule is CCC[C@H](NC(=O)[C@@H]1C2CCC(C2)N1C(=O)[C@@H](NC(=O)[C@@H](NC(=O)c1cnccn1)C1CCCCC1)C(C)C)C(=O)C(=O)NC1CC1. The van der Waals surface area contributed by atoms with Gasteiger partial charge in [-0.3, -0.25) is 33.8 Å². The highest BCUT2D eigenvalue weighted by molar-refractivity contribution is 6.38. The number of nitrogens with zero attached hydrogens (tertiary/aromatic N) is 3. The zero-order chi connectivity index (χ0) is 33.7. The fourth-order valence-electron chi connectivity index (χ4n) is 7.51. The van der Waals surface area contributed by atoms with E-state index in [1.54, 1.807) is 4.90 Å². The number of carbonyl (C=O) groups excluding carboxylic acids is 6. The zero-order valence-corrected chi connectivity index (χ0v) is 27.7. The fourth-order valence-corrected chi connectivity index (χ4v) is 7.51. The summed E-state index contributed by atoms with van der Waals surface area (Å²) < 4.78 is 0. The lowest BCUT2D eigenvalue weighted by Gasteiger charge is -2.39. The maximum absolute atomic E-state index is 14.3. The number of Topliss-reactive ketones (excluding diaryl/α,β-unsaturated/α-hetero) is 1. The lowest BCUT2D eigenvalue weighted by molar-refractivity contribution is -0.147. The van der Waals surface area contributed by atoms with Crippen molar-refractivity contribution >= 4 is 35.3 Å². The molecule has 2 bridgehead atoms. The Morgan fingerprint density at radius 3 is 2.30 bits per heavy atom. The van der Waals surface area contributed by atoms with E-state index in [2.05, 4.69) is 31.2 Å². The van der Waals surface area contributed by atoms with E-state index >= 15 is 0 Å². The summed E-state index contributed by atoms with van der Waals surface area (Å²) in [6, 6.07) is -3.72. The van der Waals surface area contributed by atoms with Crippen LogP contribution in [-0.4, -0.2) is 86.4 Å². The Kier molecular flexibility index (Phi) is 11.2. The van der Waals surface area contributed by atoms with Gasteiger partial charge in [0.15, 0.2) is 0 Å². The summed E-state index contributed by atoms with van der Waals surface area (Å²) >= 11 is 0. The Morgan fingerprint density at radius 2 is 1.66 bits per heavy atom. The summed E-state index contributed by atoms with van der Waals surface area (Å²) in [5, 5.41) is 11.4. The topological polar surface area (TPSA) is 180 Å². The first-order valence-electron chi connectivity index (χ1n) is 17.4. The van der Waals surface area contributed by atoms with Gasteiger partial charge in [-0.05, 0) is 69.1 Å². The molecule has 1 aromatic heterocycles. The van der Waals surface area contributed by atoms with Gasteiger partial charge in [-0.15, -0.1) is 0 Å². The second kappa shape index (κ2) is 15.3. The maximum atomic E-state index is 14.3. The summed E-state index contributed by atoms with van der Waals surface area (Å²) in [6.07, 6.45) is 13.5. The Morgan fingerprint density at radius 1 is 0.915 bits per heavy atom. The second-order valence-corrected chi connectivity index (χ2v) is 14.0. The van der Waals surface area contributed by atoms with Crippen molar-refractivity contribution in [3.8, 4) is 0 Å². The van der Waals surface area contributed by atoms with Crippen LogP contribution in [0.2, 0.25) is 0 Å². The Bertz CT molecular complexity index is 1330. The first kappa shape index (κ1) is 34.4. The number of carbonyl (C=O) groups is 6. The fraction of sp³-hybridized carbons (Fsp3) is 0.706. The van der Waals surface area contributed by atoms with Crippen LogP contribution in [0.3, 0.4) is 0 Å². The quantitative estimate of drug-likeness (QED) is 0.220. The number of rotatable bonds is 14. The molecule has 1 aliphatic heterocycles. The van der Waals surface area contributed by atoms with Gasteiger partial charge in [0.1, 0.15) is 23.8 Å². The van der Waals surface area contributed by atoms with Gasteiger partial charge in [0.2, 0.25) is 23.5 Å². The molecule has 2 unspecified atom stereocenters. The number of hydrogen-bond acceptors (Lipinski definition) is 8. The van der Waals surface area contributed by atoms with Crippen LogP contribution in [-0.2, 0) is 24.0 Å². The highest BCUT2D eigenvalue weighted by atomic mass is 16.2. The van der Waals surface area contributed by atoms with Gasteiger partial charge in [-0.2, -0.15) is 0 Å². The normalized spacial score (nSPS) is 24.3. The van der Waals surface area contributed by atoms with Crippen molar-refractivity contribution in [2.24, 2.45) is 17.8 Å². The molecule has 3 saturated carbocycles. The summed E-state index contributed by atoms with van der Waals surface area (Å²) in [5.74, 6) is -3.59. The average molecular weight is 652 g/mol. The molecule has 0 spiro atoms. The van der Waals surface area contributed by atoms with Gasteiger partial charge in [-0.1, -0.05) is 46.5 Å². The molecule has 5 rings (SSSR count). The van der Waals surface area contributed by atoms with Gasteiger partial charge in [-0.25, -0.2) is 4.98 Å². The Balaban J connectivity index is 1.31. The van der Waals surface area contributed by atoms with Crippen LogP contribution in [0.15, 0.2) is 18.6 Å². The molecule has 4 fully saturated rings. The zero-order valence-electron chi connectivity index (χ0n) is 27.7. The summed E-state index contributed by atoms with van der Waals surface area (Å²) in [4.78, 5) is 90.5. The Hall–Kier alpha value is -3.90. The van der Waals surface area contributed by atoms with Crippen molar-refractivity contribution in [2.75, 3.05) is 0 Å². The standard InChI is InChI=1S/C34H49N7O6/c1-4-8-24(29(42)33(46)37-22-12-13-22)38-32(45)28-21-11-14-23(17-21)41(28)34(47)26(19(2)3)39-31(44)27(20-9-6-5-7-10-20)40-30(43)25-18-35-15-16-36-25/h15-16,18-24,26-28H,4-14,17H2,1-3H3,(H,37,46)(H,38,45)(H,39,44)(H,40,43)/t21?,23?,24-,26-,27-,28-/m0/s1. The first-order chi connectivity index (χ1) is 22.6.